The van der Waals surface area contributed by atoms with E-state index in [1.54, 1.807) is 0 Å². The average Bonchev–Trinajstić information content (AvgIpc) is 2.77. The molecule has 20 heavy (non-hydrogen) atoms. The second-order valence-corrected chi connectivity index (χ2v) is 5.11. The van der Waals surface area contributed by atoms with E-state index < -0.39 is 0 Å². The summed E-state index contributed by atoms with van der Waals surface area (Å²) in [6, 6.07) is 5.40. The molecule has 0 saturated heterocycles. The molecule has 6 nitrogen and oxygen atoms in total. The molecule has 1 aromatic carbocycles. The maximum atomic E-state index is 11.2. The Hall–Kier alpha value is -2.08. The minimum Gasteiger partial charge on any atom is -0.469 e. The fraction of sp³-hybridized carbons (Fsp3) is 0.429. The number of aromatic nitrogens is 2. The van der Waals surface area contributed by atoms with Crippen LogP contribution in [0, 0.1) is 5.92 Å². The summed E-state index contributed by atoms with van der Waals surface area (Å²) >= 11 is 0. The van der Waals surface area contributed by atoms with Gasteiger partial charge in [-0.05, 0) is 30.0 Å². The number of hydrogen-bond donors (Lipinski definition) is 3. The largest absolute Gasteiger partial charge is 0.469 e. The topological polar surface area (TPSA) is 101 Å². The number of imidazole rings is 1. The summed E-state index contributed by atoms with van der Waals surface area (Å²) in [4.78, 5) is 27.8. The van der Waals surface area contributed by atoms with E-state index >= 15 is 0 Å². The van der Waals surface area contributed by atoms with Crippen LogP contribution in [0.5, 0.6) is 0 Å². The van der Waals surface area contributed by atoms with Crippen molar-refractivity contribution >= 4 is 17.0 Å². The van der Waals surface area contributed by atoms with Gasteiger partial charge in [-0.25, -0.2) is 4.79 Å². The number of fused-ring (bicyclic) bond motifs is 1. The van der Waals surface area contributed by atoms with Crippen molar-refractivity contribution in [2.24, 2.45) is 11.7 Å². The monoisotopic (exact) mass is 277 g/mol. The maximum absolute atomic E-state index is 11.2. The lowest BCUT2D eigenvalue weighted by Crippen LogP contribution is -2.16. The van der Waals surface area contributed by atoms with Gasteiger partial charge in [0.25, 0.3) is 0 Å². The average molecular weight is 277 g/mol. The number of esters is 1. The van der Waals surface area contributed by atoms with E-state index in [2.05, 4.69) is 14.7 Å². The molecular weight excluding hydrogens is 258 g/mol. The number of methoxy groups -OCH3 is 1. The molecular formula is C14H19N3O3. The van der Waals surface area contributed by atoms with E-state index in [0.29, 0.717) is 12.8 Å². The van der Waals surface area contributed by atoms with Gasteiger partial charge in [0.2, 0.25) is 0 Å². The number of ether oxygens (including phenoxy) is 1. The lowest BCUT2D eigenvalue weighted by atomic mass is 9.94. The molecule has 0 bridgehead atoms. The molecule has 108 valence electrons. The number of nitrogens with two attached hydrogens (primary N) is 1. The van der Waals surface area contributed by atoms with E-state index in [9.17, 15) is 9.59 Å². The molecule has 0 amide bonds. The molecule has 0 aliphatic heterocycles. The number of rotatable bonds is 5. The first kappa shape index (κ1) is 14.3. The normalized spacial score (nSPS) is 14.2. The standard InChI is InChI=1S/C14H19N3O3/c1-8(6-13(18)20-2)5-10(15)9-3-4-11-12(7-9)17-14(19)16-11/h3-4,7-8,10H,5-6,15H2,1-2H3,(H2,16,17,19). The Morgan fingerprint density at radius 1 is 1.35 bits per heavy atom. The number of benzene rings is 1. The second kappa shape index (κ2) is 5.92. The Bertz CT molecular complexity index is 659. The number of nitrogens with one attached hydrogen (secondary N) is 2. The van der Waals surface area contributed by atoms with Gasteiger partial charge >= 0.3 is 11.7 Å². The van der Waals surface area contributed by atoms with Gasteiger partial charge in [-0.3, -0.25) is 4.79 Å². The van der Waals surface area contributed by atoms with Crippen LogP contribution >= 0.6 is 0 Å². The Labute approximate surface area is 116 Å². The first-order valence-electron chi connectivity index (χ1n) is 6.54. The highest BCUT2D eigenvalue weighted by atomic mass is 16.5. The van der Waals surface area contributed by atoms with Gasteiger partial charge in [0.15, 0.2) is 0 Å². The van der Waals surface area contributed by atoms with E-state index in [1.165, 1.54) is 7.11 Å². The van der Waals surface area contributed by atoms with Crippen LogP contribution in [-0.2, 0) is 9.53 Å². The van der Waals surface area contributed by atoms with Gasteiger partial charge in [-0.1, -0.05) is 13.0 Å². The van der Waals surface area contributed by atoms with Crippen LogP contribution in [0.2, 0.25) is 0 Å². The molecule has 0 aliphatic rings. The van der Waals surface area contributed by atoms with Gasteiger partial charge in [-0.2, -0.15) is 0 Å². The number of carbonyl (C=O) groups is 1. The molecule has 2 atom stereocenters. The predicted molar refractivity (Wildman–Crippen MR) is 76.3 cm³/mol. The Kier molecular flexibility index (Phi) is 4.24. The Morgan fingerprint density at radius 3 is 2.75 bits per heavy atom. The molecule has 2 aromatic rings. The molecule has 0 aliphatic carbocycles. The number of carbonyl (C=O) groups excluding carboxylic acids is 1. The summed E-state index contributed by atoms with van der Waals surface area (Å²) in [6.07, 6.45) is 1.03. The maximum Gasteiger partial charge on any atom is 0.323 e. The van der Waals surface area contributed by atoms with Crippen molar-refractivity contribution in [2.45, 2.75) is 25.8 Å². The Morgan fingerprint density at radius 2 is 2.05 bits per heavy atom. The van der Waals surface area contributed by atoms with E-state index in [1.807, 2.05) is 25.1 Å². The highest BCUT2D eigenvalue weighted by Crippen LogP contribution is 2.23. The molecule has 6 heteroatoms. The fourth-order valence-corrected chi connectivity index (χ4v) is 2.30. The van der Waals surface area contributed by atoms with Crippen molar-refractivity contribution in [3.05, 3.63) is 34.2 Å². The first-order chi connectivity index (χ1) is 9.49. The van der Waals surface area contributed by atoms with Gasteiger partial charge in [0.05, 0.1) is 18.1 Å². The van der Waals surface area contributed by atoms with Gasteiger partial charge < -0.3 is 20.4 Å². The zero-order valence-corrected chi connectivity index (χ0v) is 11.6. The minimum atomic E-state index is -0.232. The van der Waals surface area contributed by atoms with Crippen LogP contribution < -0.4 is 11.4 Å². The third-order valence-corrected chi connectivity index (χ3v) is 3.37. The molecule has 0 spiro atoms. The lowest BCUT2D eigenvalue weighted by Gasteiger charge is -2.16. The van der Waals surface area contributed by atoms with E-state index in [0.717, 1.165) is 16.6 Å². The van der Waals surface area contributed by atoms with E-state index in [-0.39, 0.29) is 23.6 Å². The molecule has 1 heterocycles. The SMILES string of the molecule is COC(=O)CC(C)CC(N)c1ccc2[nH]c(=O)[nH]c2c1. The van der Waals surface area contributed by atoms with Crippen molar-refractivity contribution in [3.63, 3.8) is 0 Å². The van der Waals surface area contributed by atoms with Crippen LogP contribution in [0.25, 0.3) is 11.0 Å². The summed E-state index contributed by atoms with van der Waals surface area (Å²) in [5, 5.41) is 0. The third-order valence-electron chi connectivity index (χ3n) is 3.37. The van der Waals surface area contributed by atoms with Crippen LogP contribution in [0.15, 0.2) is 23.0 Å². The quantitative estimate of drug-likeness (QED) is 0.720. The number of hydrogen-bond acceptors (Lipinski definition) is 4. The lowest BCUT2D eigenvalue weighted by molar-refractivity contribution is -0.141. The van der Waals surface area contributed by atoms with Crippen molar-refractivity contribution in [1.82, 2.24) is 9.97 Å². The number of aromatic amines is 2. The van der Waals surface area contributed by atoms with Crippen molar-refractivity contribution in [2.75, 3.05) is 7.11 Å². The summed E-state index contributed by atoms with van der Waals surface area (Å²) in [6.45, 7) is 1.97. The summed E-state index contributed by atoms with van der Waals surface area (Å²) in [5.41, 5.74) is 8.36. The highest BCUT2D eigenvalue weighted by molar-refractivity contribution is 5.75. The van der Waals surface area contributed by atoms with Gasteiger partial charge in [0, 0.05) is 12.5 Å². The zero-order chi connectivity index (χ0) is 14.7. The van der Waals surface area contributed by atoms with E-state index in [4.69, 9.17) is 5.73 Å². The molecule has 0 radical (unpaired) electrons. The third kappa shape index (κ3) is 3.27. The second-order valence-electron chi connectivity index (χ2n) is 5.11. The summed E-state index contributed by atoms with van der Waals surface area (Å²) in [5.74, 6) is -0.0893. The van der Waals surface area contributed by atoms with Crippen molar-refractivity contribution < 1.29 is 9.53 Å². The molecule has 0 saturated carbocycles. The first-order valence-corrected chi connectivity index (χ1v) is 6.54. The smallest absolute Gasteiger partial charge is 0.323 e. The summed E-state index contributed by atoms with van der Waals surface area (Å²) < 4.78 is 4.64. The molecule has 4 N–H and O–H groups in total. The highest BCUT2D eigenvalue weighted by Gasteiger charge is 2.15. The number of H-pyrrole nitrogens is 2. The van der Waals surface area contributed by atoms with Gasteiger partial charge in [0.1, 0.15) is 0 Å². The zero-order valence-electron chi connectivity index (χ0n) is 11.6. The van der Waals surface area contributed by atoms with Crippen molar-refractivity contribution in [1.29, 1.82) is 0 Å². The van der Waals surface area contributed by atoms with Crippen LogP contribution in [0.1, 0.15) is 31.4 Å². The minimum absolute atomic E-state index is 0.137. The van der Waals surface area contributed by atoms with Crippen LogP contribution in [0.4, 0.5) is 0 Å². The molecule has 2 unspecified atom stereocenters. The van der Waals surface area contributed by atoms with Crippen LogP contribution in [0.3, 0.4) is 0 Å². The fourth-order valence-electron chi connectivity index (χ4n) is 2.30. The Balaban J connectivity index is 2.08. The van der Waals surface area contributed by atoms with Crippen molar-refractivity contribution in [3.8, 4) is 0 Å². The van der Waals surface area contributed by atoms with Crippen LogP contribution in [-0.4, -0.2) is 23.0 Å². The molecule has 0 fully saturated rings. The molecule has 1 aromatic heterocycles. The summed E-state index contributed by atoms with van der Waals surface area (Å²) in [7, 11) is 1.38. The van der Waals surface area contributed by atoms with Gasteiger partial charge in [-0.15, -0.1) is 0 Å². The molecule has 2 rings (SSSR count). The predicted octanol–water partition coefficient (Wildman–Crippen LogP) is 1.45.